The molecule has 2 rings (SSSR count). The van der Waals surface area contributed by atoms with Crippen molar-refractivity contribution in [3.05, 3.63) is 53.6 Å². The fraction of sp³-hybridized carbons (Fsp3) is 0.231. The number of nitrogens with one attached hydrogen (secondary N) is 1. The smallest absolute Gasteiger partial charge is 0.354 e. The Morgan fingerprint density at radius 1 is 1.15 bits per heavy atom. The van der Waals surface area contributed by atoms with Crippen LogP contribution >= 0.6 is 0 Å². The molecule has 1 heterocycles. The number of hydrogen-bond donors (Lipinski definition) is 1. The molecule has 2 aromatic rings. The first-order valence-corrected chi connectivity index (χ1v) is 5.84. The average Bonchev–Trinajstić information content (AvgIpc) is 2.38. The predicted octanol–water partition coefficient (Wildman–Crippen LogP) is 3.29. The third-order valence-corrected chi connectivity index (χ3v) is 2.53. The molecule has 0 saturated heterocycles. The van der Waals surface area contributed by atoms with Gasteiger partial charge in [-0.1, -0.05) is 12.1 Å². The molecule has 0 atom stereocenters. The Morgan fingerprint density at radius 3 is 2.65 bits per heavy atom. The molecule has 106 valence electrons. The van der Waals surface area contributed by atoms with E-state index in [0.29, 0.717) is 13.0 Å². The van der Waals surface area contributed by atoms with Crippen LogP contribution in [0.4, 0.5) is 23.5 Å². The molecule has 0 bridgehead atoms. The van der Waals surface area contributed by atoms with E-state index in [-0.39, 0.29) is 11.8 Å². The van der Waals surface area contributed by atoms with Gasteiger partial charge in [-0.05, 0) is 30.2 Å². The van der Waals surface area contributed by atoms with Crippen LogP contribution in [-0.4, -0.2) is 16.5 Å². The van der Waals surface area contributed by atoms with Crippen molar-refractivity contribution in [1.82, 2.24) is 9.97 Å². The van der Waals surface area contributed by atoms with Crippen LogP contribution in [0.1, 0.15) is 11.3 Å². The van der Waals surface area contributed by atoms with Gasteiger partial charge in [-0.2, -0.15) is 13.2 Å². The highest BCUT2D eigenvalue weighted by Gasteiger charge is 2.32. The van der Waals surface area contributed by atoms with E-state index in [9.17, 15) is 17.6 Å². The van der Waals surface area contributed by atoms with Crippen molar-refractivity contribution in [3.63, 3.8) is 0 Å². The van der Waals surface area contributed by atoms with Crippen LogP contribution in [0.2, 0.25) is 0 Å². The van der Waals surface area contributed by atoms with Gasteiger partial charge in [0.2, 0.25) is 5.95 Å². The summed E-state index contributed by atoms with van der Waals surface area (Å²) in [6, 6.07) is 6.81. The van der Waals surface area contributed by atoms with E-state index in [1.807, 2.05) is 0 Å². The number of benzene rings is 1. The molecule has 20 heavy (non-hydrogen) atoms. The second kappa shape index (κ2) is 5.85. The molecule has 0 saturated carbocycles. The number of halogens is 4. The van der Waals surface area contributed by atoms with Gasteiger partial charge in [0.1, 0.15) is 11.5 Å². The lowest BCUT2D eigenvalue weighted by molar-refractivity contribution is -0.141. The Bertz CT molecular complexity index is 584. The van der Waals surface area contributed by atoms with Gasteiger partial charge >= 0.3 is 6.18 Å². The first kappa shape index (κ1) is 14.2. The van der Waals surface area contributed by atoms with Gasteiger partial charge in [0.15, 0.2) is 0 Å². The van der Waals surface area contributed by atoms with Gasteiger partial charge in [0.05, 0.1) is 0 Å². The van der Waals surface area contributed by atoms with Crippen LogP contribution in [0.3, 0.4) is 0 Å². The van der Waals surface area contributed by atoms with Crippen molar-refractivity contribution in [1.29, 1.82) is 0 Å². The van der Waals surface area contributed by atoms with E-state index in [2.05, 4.69) is 15.3 Å². The molecule has 0 amide bonds. The van der Waals surface area contributed by atoms with Crippen LogP contribution in [0.25, 0.3) is 0 Å². The minimum atomic E-state index is -4.50. The molecule has 0 aliphatic carbocycles. The third kappa shape index (κ3) is 3.91. The molecule has 0 aliphatic heterocycles. The fourth-order valence-electron chi connectivity index (χ4n) is 1.61. The number of nitrogens with zero attached hydrogens (tertiary/aromatic N) is 2. The zero-order valence-electron chi connectivity index (χ0n) is 10.3. The van der Waals surface area contributed by atoms with Crippen molar-refractivity contribution in [2.75, 3.05) is 11.9 Å². The molecule has 1 aromatic heterocycles. The Kier molecular flexibility index (Phi) is 4.16. The van der Waals surface area contributed by atoms with Gasteiger partial charge in [-0.15, -0.1) is 0 Å². The number of anilines is 1. The summed E-state index contributed by atoms with van der Waals surface area (Å²) in [6.45, 7) is 0.310. The van der Waals surface area contributed by atoms with E-state index < -0.39 is 11.9 Å². The number of aromatic nitrogens is 2. The van der Waals surface area contributed by atoms with Crippen molar-refractivity contribution < 1.29 is 17.6 Å². The lowest BCUT2D eigenvalue weighted by atomic mass is 10.1. The van der Waals surface area contributed by atoms with Crippen molar-refractivity contribution in [2.45, 2.75) is 12.6 Å². The monoisotopic (exact) mass is 285 g/mol. The number of alkyl halides is 3. The molecule has 0 radical (unpaired) electrons. The molecule has 0 spiro atoms. The zero-order chi connectivity index (χ0) is 14.6. The van der Waals surface area contributed by atoms with Crippen LogP contribution < -0.4 is 5.32 Å². The van der Waals surface area contributed by atoms with Gasteiger partial charge in [-0.3, -0.25) is 0 Å². The molecule has 0 unspecified atom stereocenters. The Labute approximate surface area is 112 Å². The SMILES string of the molecule is Fc1cccc(CCNc2nccc(C(F)(F)F)n2)c1. The maximum atomic E-state index is 12.9. The summed E-state index contributed by atoms with van der Waals surface area (Å²) in [5.41, 5.74) is -0.259. The van der Waals surface area contributed by atoms with Crippen LogP contribution in [0, 0.1) is 5.82 Å². The van der Waals surface area contributed by atoms with Gasteiger partial charge < -0.3 is 5.32 Å². The molecule has 0 fully saturated rings. The van der Waals surface area contributed by atoms with Crippen molar-refractivity contribution >= 4 is 5.95 Å². The second-order valence-corrected chi connectivity index (χ2v) is 4.07. The minimum absolute atomic E-state index is 0.101. The summed E-state index contributed by atoms with van der Waals surface area (Å²) in [4.78, 5) is 7.08. The number of hydrogen-bond acceptors (Lipinski definition) is 3. The Hall–Kier alpha value is -2.18. The molecular formula is C13H11F4N3. The summed E-state index contributed by atoms with van der Waals surface area (Å²) in [5, 5.41) is 2.68. The first-order valence-electron chi connectivity index (χ1n) is 5.84. The molecule has 0 aliphatic rings. The quantitative estimate of drug-likeness (QED) is 0.876. The van der Waals surface area contributed by atoms with E-state index in [1.165, 1.54) is 12.1 Å². The standard InChI is InChI=1S/C13H11F4N3/c14-10-3-1-2-9(8-10)4-6-18-12-19-7-5-11(20-12)13(15,16)17/h1-3,5,7-8H,4,6H2,(H,18,19,20). The predicted molar refractivity (Wildman–Crippen MR) is 65.6 cm³/mol. The molecule has 1 aromatic carbocycles. The highest BCUT2D eigenvalue weighted by atomic mass is 19.4. The molecular weight excluding hydrogens is 274 g/mol. The van der Waals surface area contributed by atoms with Crippen LogP contribution in [-0.2, 0) is 12.6 Å². The largest absolute Gasteiger partial charge is 0.433 e. The Morgan fingerprint density at radius 2 is 1.95 bits per heavy atom. The maximum absolute atomic E-state index is 12.9. The van der Waals surface area contributed by atoms with E-state index >= 15 is 0 Å². The zero-order valence-corrected chi connectivity index (χ0v) is 10.3. The molecule has 3 nitrogen and oxygen atoms in total. The van der Waals surface area contributed by atoms with Gasteiger partial charge in [-0.25, -0.2) is 14.4 Å². The fourth-order valence-corrected chi connectivity index (χ4v) is 1.61. The summed E-state index contributed by atoms with van der Waals surface area (Å²) in [6.07, 6.45) is -3.00. The lowest BCUT2D eigenvalue weighted by Crippen LogP contribution is -2.13. The van der Waals surface area contributed by atoms with Crippen molar-refractivity contribution in [3.8, 4) is 0 Å². The van der Waals surface area contributed by atoms with E-state index in [0.717, 1.165) is 17.8 Å². The average molecular weight is 285 g/mol. The summed E-state index contributed by atoms with van der Waals surface area (Å²) in [7, 11) is 0. The van der Waals surface area contributed by atoms with Crippen molar-refractivity contribution in [2.24, 2.45) is 0 Å². The Balaban J connectivity index is 1.94. The van der Waals surface area contributed by atoms with E-state index in [1.54, 1.807) is 12.1 Å². The first-order chi connectivity index (χ1) is 9.45. The maximum Gasteiger partial charge on any atom is 0.433 e. The van der Waals surface area contributed by atoms with Crippen LogP contribution in [0.5, 0.6) is 0 Å². The van der Waals surface area contributed by atoms with E-state index in [4.69, 9.17) is 0 Å². The van der Waals surface area contributed by atoms with Crippen LogP contribution in [0.15, 0.2) is 36.5 Å². The van der Waals surface area contributed by atoms with Gasteiger partial charge in [0, 0.05) is 12.7 Å². The minimum Gasteiger partial charge on any atom is -0.354 e. The summed E-state index contributed by atoms with van der Waals surface area (Å²) in [5.74, 6) is -0.450. The summed E-state index contributed by atoms with van der Waals surface area (Å²) >= 11 is 0. The van der Waals surface area contributed by atoms with Gasteiger partial charge in [0.25, 0.3) is 0 Å². The molecule has 7 heteroatoms. The second-order valence-electron chi connectivity index (χ2n) is 4.07. The highest BCUT2D eigenvalue weighted by molar-refractivity contribution is 5.27. The third-order valence-electron chi connectivity index (χ3n) is 2.53. The highest BCUT2D eigenvalue weighted by Crippen LogP contribution is 2.27. The summed E-state index contributed by atoms with van der Waals surface area (Å²) < 4.78 is 50.3. The lowest BCUT2D eigenvalue weighted by Gasteiger charge is -2.08. The molecule has 1 N–H and O–H groups in total. The number of rotatable bonds is 4. The topological polar surface area (TPSA) is 37.8 Å². The normalized spacial score (nSPS) is 11.4.